The van der Waals surface area contributed by atoms with E-state index in [2.05, 4.69) is 5.32 Å². The third-order valence-corrected chi connectivity index (χ3v) is 6.38. The number of amides is 1. The summed E-state index contributed by atoms with van der Waals surface area (Å²) in [5, 5.41) is 22.7. The quantitative estimate of drug-likeness (QED) is 0.596. The number of carbonyl (C=O) groups excluding carboxylic acids is 1. The summed E-state index contributed by atoms with van der Waals surface area (Å²) in [7, 11) is -2.31. The Balaban J connectivity index is 2.31. The molecule has 2 N–H and O–H groups in total. The predicted molar refractivity (Wildman–Crippen MR) is 110 cm³/mol. The standard InChI is InChI=1S/C19H24N3O6S/c1-4-21(5-2)29(26,27)15-10-11-18(28-3)16(13-15)20-19(23)12-14-8-6-7-9-17(14)22(24)25/h6-11,13,24H,4-5,12H2,1-3H3,(H,20,23)/q-1. The molecule has 0 radical (unpaired) electrons. The Morgan fingerprint density at radius 2 is 1.83 bits per heavy atom. The van der Waals surface area contributed by atoms with Crippen LogP contribution in [-0.4, -0.2) is 44.0 Å². The van der Waals surface area contributed by atoms with E-state index < -0.39 is 15.9 Å². The van der Waals surface area contributed by atoms with Crippen molar-refractivity contribution in [3.05, 3.63) is 53.2 Å². The van der Waals surface area contributed by atoms with Gasteiger partial charge in [0, 0.05) is 13.1 Å². The number of anilines is 2. The minimum atomic E-state index is -3.72. The molecule has 0 fully saturated rings. The molecular formula is C19H24N3O6S-. The highest BCUT2D eigenvalue weighted by atomic mass is 32.2. The lowest BCUT2D eigenvalue weighted by Crippen LogP contribution is -2.30. The van der Waals surface area contributed by atoms with Crippen molar-refractivity contribution >= 4 is 27.3 Å². The van der Waals surface area contributed by atoms with E-state index in [-0.39, 0.29) is 33.7 Å². The van der Waals surface area contributed by atoms with Gasteiger partial charge in [-0.2, -0.15) is 4.31 Å². The number of rotatable bonds is 9. The van der Waals surface area contributed by atoms with Crippen LogP contribution in [0.15, 0.2) is 47.4 Å². The highest BCUT2D eigenvalue weighted by molar-refractivity contribution is 7.89. The average molecular weight is 422 g/mol. The third-order valence-electron chi connectivity index (χ3n) is 4.34. The van der Waals surface area contributed by atoms with E-state index in [4.69, 9.17) is 9.94 Å². The second-order valence-corrected chi connectivity index (χ2v) is 8.02. The molecule has 158 valence electrons. The van der Waals surface area contributed by atoms with Crippen LogP contribution in [0.25, 0.3) is 0 Å². The summed E-state index contributed by atoms with van der Waals surface area (Å²) in [6.07, 6.45) is -0.203. The lowest BCUT2D eigenvalue weighted by atomic mass is 10.1. The number of benzene rings is 2. The minimum absolute atomic E-state index is 0.0267. The molecule has 2 aromatic carbocycles. The first-order valence-corrected chi connectivity index (χ1v) is 10.4. The normalized spacial score (nSPS) is 11.4. The summed E-state index contributed by atoms with van der Waals surface area (Å²) in [6, 6.07) is 10.3. The molecule has 1 amide bonds. The first-order chi connectivity index (χ1) is 13.7. The van der Waals surface area contributed by atoms with E-state index in [9.17, 15) is 18.4 Å². The molecule has 9 nitrogen and oxygen atoms in total. The Kier molecular flexibility index (Phi) is 7.57. The molecule has 2 aromatic rings. The predicted octanol–water partition coefficient (Wildman–Crippen LogP) is 2.60. The van der Waals surface area contributed by atoms with Crippen molar-refractivity contribution in [3.63, 3.8) is 0 Å². The summed E-state index contributed by atoms with van der Waals surface area (Å²) in [6.45, 7) is 4.11. The van der Waals surface area contributed by atoms with E-state index in [1.807, 2.05) is 0 Å². The number of hydrogen-bond acceptors (Lipinski definition) is 7. The molecule has 0 atom stereocenters. The number of hydrogen-bond donors (Lipinski definition) is 2. The van der Waals surface area contributed by atoms with Crippen molar-refractivity contribution in [3.8, 4) is 5.75 Å². The Bertz CT molecular complexity index is 958. The number of methoxy groups -OCH3 is 1. The molecule has 0 aliphatic heterocycles. The van der Waals surface area contributed by atoms with Gasteiger partial charge >= 0.3 is 0 Å². The maximum atomic E-state index is 12.7. The van der Waals surface area contributed by atoms with Crippen molar-refractivity contribution in [1.82, 2.24) is 4.31 Å². The highest BCUT2D eigenvalue weighted by Crippen LogP contribution is 2.29. The maximum absolute atomic E-state index is 12.7. The van der Waals surface area contributed by atoms with Gasteiger partial charge in [-0.25, -0.2) is 8.42 Å². The zero-order chi connectivity index (χ0) is 21.6. The number of para-hydroxylation sites is 1. The van der Waals surface area contributed by atoms with E-state index in [1.54, 1.807) is 26.0 Å². The molecule has 0 bridgehead atoms. The molecule has 0 saturated carbocycles. The Labute approximate surface area is 170 Å². The number of carbonyl (C=O) groups is 1. The van der Waals surface area contributed by atoms with Crippen LogP contribution in [0.4, 0.5) is 11.4 Å². The second kappa shape index (κ2) is 9.70. The van der Waals surface area contributed by atoms with E-state index >= 15 is 0 Å². The van der Waals surface area contributed by atoms with Gasteiger partial charge < -0.3 is 20.5 Å². The van der Waals surface area contributed by atoms with Crippen LogP contribution in [0.3, 0.4) is 0 Å². The molecule has 29 heavy (non-hydrogen) atoms. The topological polar surface area (TPSA) is 122 Å². The van der Waals surface area contributed by atoms with Gasteiger partial charge in [0.2, 0.25) is 15.9 Å². The lowest BCUT2D eigenvalue weighted by molar-refractivity contribution is -0.115. The van der Waals surface area contributed by atoms with Crippen LogP contribution >= 0.6 is 0 Å². The fraction of sp³-hybridized carbons (Fsp3) is 0.316. The largest absolute Gasteiger partial charge is 0.733 e. The Hall–Kier alpha value is -2.66. The van der Waals surface area contributed by atoms with Crippen molar-refractivity contribution in [2.24, 2.45) is 0 Å². The SMILES string of the molecule is CCN(CC)S(=O)(=O)c1ccc(OC)c(NC(=O)Cc2ccccc2N([O-])O)c1. The van der Waals surface area contributed by atoms with Crippen molar-refractivity contribution in [2.75, 3.05) is 30.7 Å². The fourth-order valence-corrected chi connectivity index (χ4v) is 4.36. The summed E-state index contributed by atoms with van der Waals surface area (Å²) in [5.41, 5.74) is 0.451. The van der Waals surface area contributed by atoms with Crippen molar-refractivity contribution in [1.29, 1.82) is 0 Å². The number of ether oxygens (including phenoxy) is 1. The van der Waals surface area contributed by atoms with Gasteiger partial charge in [0.25, 0.3) is 0 Å². The number of nitrogens with one attached hydrogen (secondary N) is 1. The average Bonchev–Trinajstić information content (AvgIpc) is 2.68. The number of sulfonamides is 1. The van der Waals surface area contributed by atoms with Gasteiger partial charge in [-0.15, -0.1) is 0 Å². The van der Waals surface area contributed by atoms with Gasteiger partial charge in [0.1, 0.15) is 5.75 Å². The first kappa shape index (κ1) is 22.6. The minimum Gasteiger partial charge on any atom is -0.733 e. The zero-order valence-corrected chi connectivity index (χ0v) is 17.3. The Morgan fingerprint density at radius 1 is 1.17 bits per heavy atom. The first-order valence-electron chi connectivity index (χ1n) is 8.96. The fourth-order valence-electron chi connectivity index (χ4n) is 2.87. The second-order valence-electron chi connectivity index (χ2n) is 6.08. The van der Waals surface area contributed by atoms with E-state index in [1.165, 1.54) is 41.7 Å². The van der Waals surface area contributed by atoms with Crippen LogP contribution in [0.1, 0.15) is 19.4 Å². The van der Waals surface area contributed by atoms with Crippen molar-refractivity contribution in [2.45, 2.75) is 25.2 Å². The molecule has 0 aliphatic rings. The van der Waals surface area contributed by atoms with Crippen LogP contribution in [0.2, 0.25) is 0 Å². The van der Waals surface area contributed by atoms with E-state index in [0.29, 0.717) is 18.7 Å². The van der Waals surface area contributed by atoms with E-state index in [0.717, 1.165) is 0 Å². The molecular weight excluding hydrogens is 398 g/mol. The van der Waals surface area contributed by atoms with Gasteiger partial charge in [-0.3, -0.25) is 10.0 Å². The molecule has 0 aromatic heterocycles. The molecule has 10 heteroatoms. The highest BCUT2D eigenvalue weighted by Gasteiger charge is 2.23. The van der Waals surface area contributed by atoms with Crippen LogP contribution in [0, 0.1) is 5.21 Å². The van der Waals surface area contributed by atoms with Gasteiger partial charge in [0.15, 0.2) is 0 Å². The number of nitrogens with zero attached hydrogens (tertiary/aromatic N) is 2. The summed E-state index contributed by atoms with van der Waals surface area (Å²) in [4.78, 5) is 12.5. The molecule has 0 aliphatic carbocycles. The lowest BCUT2D eigenvalue weighted by Gasteiger charge is -2.24. The van der Waals surface area contributed by atoms with Crippen LogP contribution in [-0.2, 0) is 21.2 Å². The zero-order valence-electron chi connectivity index (χ0n) is 16.5. The van der Waals surface area contributed by atoms with Gasteiger partial charge in [-0.05, 0) is 29.8 Å². The molecule has 0 spiro atoms. The van der Waals surface area contributed by atoms with Gasteiger partial charge in [0.05, 0.1) is 29.8 Å². The van der Waals surface area contributed by atoms with Crippen molar-refractivity contribution < 1.29 is 23.2 Å². The molecule has 2 rings (SSSR count). The summed E-state index contributed by atoms with van der Waals surface area (Å²) >= 11 is 0. The smallest absolute Gasteiger partial charge is 0.243 e. The van der Waals surface area contributed by atoms with Crippen LogP contribution in [0.5, 0.6) is 5.75 Å². The van der Waals surface area contributed by atoms with Gasteiger partial charge in [-0.1, -0.05) is 32.0 Å². The Morgan fingerprint density at radius 3 is 2.41 bits per heavy atom. The molecule has 0 saturated heterocycles. The van der Waals surface area contributed by atoms with Crippen LogP contribution < -0.4 is 15.3 Å². The summed E-state index contributed by atoms with van der Waals surface area (Å²) < 4.78 is 32.0. The summed E-state index contributed by atoms with van der Waals surface area (Å²) in [5.74, 6) is -0.215. The third kappa shape index (κ3) is 5.24. The molecule has 0 heterocycles. The maximum Gasteiger partial charge on any atom is 0.243 e. The molecule has 0 unspecified atom stereocenters. The monoisotopic (exact) mass is 422 g/mol.